The normalized spacial score (nSPS) is 22.1. The van der Waals surface area contributed by atoms with Crippen LogP contribution in [0.15, 0.2) is 6.07 Å². The standard InChI is InChI=1S/C16H24N4O/c1-11-10-20(13(3)21)6-5-16(11)18-9-14-7-15(8-17)19(4)12(14)2/h7,11,16,18H,5-6,9-10H2,1-4H3/t11-,16+/m1/s1. The second-order valence-electron chi connectivity index (χ2n) is 6.03. The minimum absolute atomic E-state index is 0.165. The van der Waals surface area contributed by atoms with Gasteiger partial charge in [0.25, 0.3) is 0 Å². The Bertz CT molecular complexity index is 570. The minimum atomic E-state index is 0.165. The van der Waals surface area contributed by atoms with Gasteiger partial charge < -0.3 is 14.8 Å². The van der Waals surface area contributed by atoms with Crippen molar-refractivity contribution in [2.24, 2.45) is 13.0 Å². The summed E-state index contributed by atoms with van der Waals surface area (Å²) in [4.78, 5) is 13.3. The quantitative estimate of drug-likeness (QED) is 0.918. The van der Waals surface area contributed by atoms with E-state index in [2.05, 4.69) is 18.3 Å². The van der Waals surface area contributed by atoms with Gasteiger partial charge in [-0.3, -0.25) is 4.79 Å². The zero-order chi connectivity index (χ0) is 15.6. The van der Waals surface area contributed by atoms with Crippen molar-refractivity contribution < 1.29 is 4.79 Å². The van der Waals surface area contributed by atoms with Gasteiger partial charge in [-0.05, 0) is 30.9 Å². The molecule has 1 amide bonds. The van der Waals surface area contributed by atoms with E-state index in [1.165, 1.54) is 5.56 Å². The fourth-order valence-electron chi connectivity index (χ4n) is 3.02. The molecule has 2 atom stereocenters. The smallest absolute Gasteiger partial charge is 0.219 e. The molecule has 0 aromatic carbocycles. The molecule has 0 aliphatic carbocycles. The van der Waals surface area contributed by atoms with E-state index in [9.17, 15) is 4.79 Å². The molecule has 0 spiro atoms. The number of carbonyl (C=O) groups excluding carboxylic acids is 1. The Kier molecular flexibility index (Phi) is 4.69. The van der Waals surface area contributed by atoms with Crippen molar-refractivity contribution in [1.82, 2.24) is 14.8 Å². The summed E-state index contributed by atoms with van der Waals surface area (Å²) in [5, 5.41) is 12.7. The molecule has 1 fully saturated rings. The molecule has 5 nitrogen and oxygen atoms in total. The third-order valence-corrected chi connectivity index (χ3v) is 4.66. The number of aromatic nitrogens is 1. The van der Waals surface area contributed by atoms with Crippen LogP contribution in [0.4, 0.5) is 0 Å². The first-order valence-electron chi connectivity index (χ1n) is 7.48. The molecule has 0 unspecified atom stereocenters. The zero-order valence-electron chi connectivity index (χ0n) is 13.3. The van der Waals surface area contributed by atoms with Crippen molar-refractivity contribution in [1.29, 1.82) is 5.26 Å². The first-order valence-corrected chi connectivity index (χ1v) is 7.48. The predicted octanol–water partition coefficient (Wildman–Crippen LogP) is 1.55. The Morgan fingerprint density at radius 3 is 2.81 bits per heavy atom. The average Bonchev–Trinajstić information content (AvgIpc) is 2.73. The van der Waals surface area contributed by atoms with Crippen LogP contribution >= 0.6 is 0 Å². The Labute approximate surface area is 126 Å². The molecule has 0 bridgehead atoms. The summed E-state index contributed by atoms with van der Waals surface area (Å²) < 4.78 is 1.93. The number of amides is 1. The van der Waals surface area contributed by atoms with Gasteiger partial charge in [0.05, 0.1) is 0 Å². The summed E-state index contributed by atoms with van der Waals surface area (Å²) in [5.41, 5.74) is 3.01. The van der Waals surface area contributed by atoms with Gasteiger partial charge in [-0.25, -0.2) is 0 Å². The first-order chi connectivity index (χ1) is 9.93. The van der Waals surface area contributed by atoms with Crippen LogP contribution in [0.2, 0.25) is 0 Å². The lowest BCUT2D eigenvalue weighted by Crippen LogP contribution is -2.49. The number of carbonyl (C=O) groups is 1. The molecule has 114 valence electrons. The van der Waals surface area contributed by atoms with Crippen LogP contribution in [0.3, 0.4) is 0 Å². The van der Waals surface area contributed by atoms with Crippen molar-refractivity contribution in [3.8, 4) is 6.07 Å². The molecule has 1 N–H and O–H groups in total. The highest BCUT2D eigenvalue weighted by atomic mass is 16.2. The Hall–Kier alpha value is -1.80. The number of nitrogens with one attached hydrogen (secondary N) is 1. The van der Waals surface area contributed by atoms with Gasteiger partial charge in [0.2, 0.25) is 5.91 Å². The summed E-state index contributed by atoms with van der Waals surface area (Å²) in [7, 11) is 1.92. The summed E-state index contributed by atoms with van der Waals surface area (Å²) in [5.74, 6) is 0.611. The van der Waals surface area contributed by atoms with E-state index in [1.807, 2.05) is 29.5 Å². The van der Waals surface area contributed by atoms with Gasteiger partial charge in [0.15, 0.2) is 0 Å². The van der Waals surface area contributed by atoms with Crippen LogP contribution in [0.1, 0.15) is 37.2 Å². The van der Waals surface area contributed by atoms with Crippen LogP contribution < -0.4 is 5.32 Å². The molecule has 0 radical (unpaired) electrons. The molecule has 1 aromatic heterocycles. The Morgan fingerprint density at radius 1 is 1.57 bits per heavy atom. The molecule has 0 saturated carbocycles. The monoisotopic (exact) mass is 288 g/mol. The highest BCUT2D eigenvalue weighted by molar-refractivity contribution is 5.73. The lowest BCUT2D eigenvalue weighted by molar-refractivity contribution is -0.130. The number of hydrogen-bond donors (Lipinski definition) is 1. The molecule has 1 aromatic rings. The highest BCUT2D eigenvalue weighted by Gasteiger charge is 2.27. The number of hydrogen-bond acceptors (Lipinski definition) is 3. The van der Waals surface area contributed by atoms with Gasteiger partial charge >= 0.3 is 0 Å². The molecular weight excluding hydrogens is 264 g/mol. The van der Waals surface area contributed by atoms with Gasteiger partial charge in [0, 0.05) is 45.3 Å². The predicted molar refractivity (Wildman–Crippen MR) is 81.5 cm³/mol. The van der Waals surface area contributed by atoms with Crippen molar-refractivity contribution in [2.75, 3.05) is 13.1 Å². The molecule has 21 heavy (non-hydrogen) atoms. The van der Waals surface area contributed by atoms with E-state index in [-0.39, 0.29) is 5.91 Å². The lowest BCUT2D eigenvalue weighted by atomic mass is 9.93. The molecule has 1 aliphatic rings. The maximum Gasteiger partial charge on any atom is 0.219 e. The lowest BCUT2D eigenvalue weighted by Gasteiger charge is -2.37. The van der Waals surface area contributed by atoms with Crippen molar-refractivity contribution in [2.45, 2.75) is 39.8 Å². The summed E-state index contributed by atoms with van der Waals surface area (Å²) in [6.45, 7) is 8.29. The van der Waals surface area contributed by atoms with Crippen LogP contribution in [0, 0.1) is 24.2 Å². The Balaban J connectivity index is 1.95. The number of nitriles is 1. The van der Waals surface area contributed by atoms with Crippen molar-refractivity contribution >= 4 is 5.91 Å². The van der Waals surface area contributed by atoms with Gasteiger partial charge in [-0.15, -0.1) is 0 Å². The minimum Gasteiger partial charge on any atom is -0.343 e. The SMILES string of the molecule is CC(=O)N1CC[C@H](NCc2cc(C#N)n(C)c2C)[C@H](C)C1. The van der Waals surface area contributed by atoms with E-state index >= 15 is 0 Å². The van der Waals surface area contributed by atoms with E-state index < -0.39 is 0 Å². The number of likely N-dealkylation sites (tertiary alicyclic amines) is 1. The number of rotatable bonds is 3. The average molecular weight is 288 g/mol. The maximum absolute atomic E-state index is 11.4. The van der Waals surface area contributed by atoms with E-state index in [1.54, 1.807) is 6.92 Å². The van der Waals surface area contributed by atoms with Crippen molar-refractivity contribution in [3.05, 3.63) is 23.0 Å². The molecule has 1 saturated heterocycles. The van der Waals surface area contributed by atoms with Crippen LogP contribution in [0.5, 0.6) is 0 Å². The van der Waals surface area contributed by atoms with E-state index in [0.717, 1.165) is 31.7 Å². The largest absolute Gasteiger partial charge is 0.343 e. The molecule has 5 heteroatoms. The molecule has 2 rings (SSSR count). The molecular formula is C16H24N4O. The van der Waals surface area contributed by atoms with Gasteiger partial charge in [0.1, 0.15) is 11.8 Å². The Morgan fingerprint density at radius 2 is 2.29 bits per heavy atom. The second kappa shape index (κ2) is 6.31. The van der Waals surface area contributed by atoms with E-state index in [0.29, 0.717) is 17.7 Å². The summed E-state index contributed by atoms with van der Waals surface area (Å²) in [6, 6.07) is 4.59. The van der Waals surface area contributed by atoms with Crippen molar-refractivity contribution in [3.63, 3.8) is 0 Å². The topological polar surface area (TPSA) is 61.1 Å². The second-order valence-corrected chi connectivity index (χ2v) is 6.03. The maximum atomic E-state index is 11.4. The molecule has 1 aliphatic heterocycles. The third kappa shape index (κ3) is 3.27. The van der Waals surface area contributed by atoms with Crippen LogP contribution in [-0.4, -0.2) is 34.5 Å². The van der Waals surface area contributed by atoms with Crippen LogP contribution in [-0.2, 0) is 18.4 Å². The summed E-state index contributed by atoms with van der Waals surface area (Å²) >= 11 is 0. The van der Waals surface area contributed by atoms with Gasteiger partial charge in [-0.2, -0.15) is 5.26 Å². The van der Waals surface area contributed by atoms with E-state index in [4.69, 9.17) is 5.26 Å². The first kappa shape index (κ1) is 15.6. The highest BCUT2D eigenvalue weighted by Crippen LogP contribution is 2.19. The third-order valence-electron chi connectivity index (χ3n) is 4.66. The molecule has 2 heterocycles. The fourth-order valence-corrected chi connectivity index (χ4v) is 3.02. The zero-order valence-corrected chi connectivity index (χ0v) is 13.3. The fraction of sp³-hybridized carbons (Fsp3) is 0.625. The van der Waals surface area contributed by atoms with Gasteiger partial charge in [-0.1, -0.05) is 6.92 Å². The summed E-state index contributed by atoms with van der Waals surface area (Å²) in [6.07, 6.45) is 0.984. The number of nitrogens with zero attached hydrogens (tertiary/aromatic N) is 3. The van der Waals surface area contributed by atoms with Crippen LogP contribution in [0.25, 0.3) is 0 Å². The number of piperidine rings is 1.